The number of fused-ring (bicyclic) bond motifs is 1. The van der Waals surface area contributed by atoms with Gasteiger partial charge in [-0.2, -0.15) is 0 Å². The molecule has 3 heteroatoms. The monoisotopic (exact) mass is 285 g/mol. The normalized spacial score (nSPS) is 21.5. The van der Waals surface area contributed by atoms with E-state index in [-0.39, 0.29) is 0 Å². The summed E-state index contributed by atoms with van der Waals surface area (Å²) < 4.78 is 5.23. The third-order valence-electron chi connectivity index (χ3n) is 3.63. The molecule has 1 aliphatic heterocycles. The molecule has 0 saturated carbocycles. The Bertz CT molecular complexity index is 582. The van der Waals surface area contributed by atoms with Gasteiger partial charge >= 0.3 is 0 Å². The van der Waals surface area contributed by atoms with Crippen LogP contribution in [-0.2, 0) is 0 Å². The first-order chi connectivity index (χ1) is 9.76. The van der Waals surface area contributed by atoms with Crippen molar-refractivity contribution in [2.75, 3.05) is 12.4 Å². The maximum Gasteiger partial charge on any atom is 0.118 e. The number of anilines is 1. The molecule has 0 aliphatic carbocycles. The van der Waals surface area contributed by atoms with Crippen LogP contribution in [0, 0.1) is 0 Å². The van der Waals surface area contributed by atoms with E-state index >= 15 is 0 Å². The Kier molecular flexibility index (Phi) is 3.88. The van der Waals surface area contributed by atoms with Crippen molar-refractivity contribution in [2.45, 2.75) is 29.5 Å². The number of methoxy groups -OCH3 is 1. The lowest BCUT2D eigenvalue weighted by atomic mass is 10.0. The van der Waals surface area contributed by atoms with Gasteiger partial charge in [0.15, 0.2) is 0 Å². The molecule has 104 valence electrons. The molecular formula is C17H19NOS. The first-order valence-electron chi connectivity index (χ1n) is 6.92. The third kappa shape index (κ3) is 2.78. The molecule has 2 atom stereocenters. The summed E-state index contributed by atoms with van der Waals surface area (Å²) >= 11 is 1.95. The standard InChI is InChI=1S/C17H19NOS/c1-12-11-16(13-7-9-14(19-2)10-8-13)18-15-5-3-4-6-17(15)20-12/h3-10,12,16,18H,11H2,1-2H3. The van der Waals surface area contributed by atoms with Gasteiger partial charge in [0.25, 0.3) is 0 Å². The average molecular weight is 285 g/mol. The summed E-state index contributed by atoms with van der Waals surface area (Å²) in [6.07, 6.45) is 1.12. The van der Waals surface area contributed by atoms with E-state index < -0.39 is 0 Å². The molecule has 2 nitrogen and oxygen atoms in total. The molecule has 1 N–H and O–H groups in total. The highest BCUT2D eigenvalue weighted by Crippen LogP contribution is 2.40. The predicted octanol–water partition coefficient (Wildman–Crippen LogP) is 4.73. The quantitative estimate of drug-likeness (QED) is 0.861. The molecule has 3 rings (SSSR count). The number of hydrogen-bond acceptors (Lipinski definition) is 3. The average Bonchev–Trinajstić information content (AvgIpc) is 2.65. The van der Waals surface area contributed by atoms with Crippen LogP contribution in [0.5, 0.6) is 5.75 Å². The first kappa shape index (κ1) is 13.4. The van der Waals surface area contributed by atoms with Crippen LogP contribution >= 0.6 is 11.8 Å². The van der Waals surface area contributed by atoms with Gasteiger partial charge in [0, 0.05) is 15.8 Å². The van der Waals surface area contributed by atoms with E-state index in [2.05, 4.69) is 48.6 Å². The minimum atomic E-state index is 0.354. The van der Waals surface area contributed by atoms with Crippen molar-refractivity contribution in [2.24, 2.45) is 0 Å². The van der Waals surface area contributed by atoms with Crippen LogP contribution in [0.4, 0.5) is 5.69 Å². The van der Waals surface area contributed by atoms with Crippen LogP contribution in [0.15, 0.2) is 53.4 Å². The van der Waals surface area contributed by atoms with Crippen molar-refractivity contribution in [1.82, 2.24) is 0 Å². The number of ether oxygens (including phenoxy) is 1. The topological polar surface area (TPSA) is 21.3 Å². The zero-order chi connectivity index (χ0) is 13.9. The van der Waals surface area contributed by atoms with E-state index in [9.17, 15) is 0 Å². The summed E-state index contributed by atoms with van der Waals surface area (Å²) in [5.41, 5.74) is 2.55. The Hall–Kier alpha value is -1.61. The van der Waals surface area contributed by atoms with Crippen LogP contribution in [0.2, 0.25) is 0 Å². The maximum atomic E-state index is 5.23. The fourth-order valence-electron chi connectivity index (χ4n) is 2.59. The third-order valence-corrected chi connectivity index (χ3v) is 4.84. The Balaban J connectivity index is 1.89. The summed E-state index contributed by atoms with van der Waals surface area (Å²) in [4.78, 5) is 1.34. The summed E-state index contributed by atoms with van der Waals surface area (Å²) in [6, 6.07) is 17.3. The highest BCUT2D eigenvalue weighted by Gasteiger charge is 2.21. The second kappa shape index (κ2) is 5.80. The van der Waals surface area contributed by atoms with Gasteiger partial charge in [0.2, 0.25) is 0 Å². The molecule has 0 fully saturated rings. The van der Waals surface area contributed by atoms with E-state index in [1.807, 2.05) is 23.9 Å². The van der Waals surface area contributed by atoms with Gasteiger partial charge in [-0.1, -0.05) is 31.2 Å². The number of rotatable bonds is 2. The molecule has 0 amide bonds. The van der Waals surface area contributed by atoms with Gasteiger partial charge in [-0.25, -0.2) is 0 Å². The van der Waals surface area contributed by atoms with E-state index in [4.69, 9.17) is 4.74 Å². The molecule has 0 saturated heterocycles. The van der Waals surface area contributed by atoms with Gasteiger partial charge in [0.05, 0.1) is 13.2 Å². The molecule has 2 aromatic rings. The molecule has 0 aromatic heterocycles. The number of benzene rings is 2. The van der Waals surface area contributed by atoms with Crippen molar-refractivity contribution in [1.29, 1.82) is 0 Å². The lowest BCUT2D eigenvalue weighted by molar-refractivity contribution is 0.414. The fourth-order valence-corrected chi connectivity index (χ4v) is 3.72. The highest BCUT2D eigenvalue weighted by atomic mass is 32.2. The minimum Gasteiger partial charge on any atom is -0.497 e. The van der Waals surface area contributed by atoms with Crippen molar-refractivity contribution in [3.63, 3.8) is 0 Å². The maximum absolute atomic E-state index is 5.23. The van der Waals surface area contributed by atoms with Gasteiger partial charge in [-0.15, -0.1) is 11.8 Å². The fraction of sp³-hybridized carbons (Fsp3) is 0.294. The van der Waals surface area contributed by atoms with Crippen molar-refractivity contribution in [3.8, 4) is 5.75 Å². The Morgan fingerprint density at radius 3 is 2.60 bits per heavy atom. The van der Waals surface area contributed by atoms with Gasteiger partial charge < -0.3 is 10.1 Å². The molecule has 1 heterocycles. The lowest BCUT2D eigenvalue weighted by Gasteiger charge is -2.20. The summed E-state index contributed by atoms with van der Waals surface area (Å²) in [5.74, 6) is 0.908. The van der Waals surface area contributed by atoms with Crippen LogP contribution in [0.3, 0.4) is 0 Å². The molecule has 0 spiro atoms. The molecule has 2 aromatic carbocycles. The zero-order valence-electron chi connectivity index (χ0n) is 11.8. The SMILES string of the molecule is COc1ccc(C2CC(C)Sc3ccccc3N2)cc1. The van der Waals surface area contributed by atoms with Crippen molar-refractivity contribution < 1.29 is 4.74 Å². The number of para-hydroxylation sites is 1. The summed E-state index contributed by atoms with van der Waals surface area (Å²) in [7, 11) is 1.70. The van der Waals surface area contributed by atoms with Gasteiger partial charge in [0.1, 0.15) is 5.75 Å². The van der Waals surface area contributed by atoms with Crippen molar-refractivity contribution in [3.05, 3.63) is 54.1 Å². The number of hydrogen-bond donors (Lipinski definition) is 1. The molecule has 1 aliphatic rings. The van der Waals surface area contributed by atoms with Gasteiger partial charge in [-0.3, -0.25) is 0 Å². The number of nitrogens with one attached hydrogen (secondary N) is 1. The smallest absolute Gasteiger partial charge is 0.118 e. The van der Waals surface area contributed by atoms with E-state index in [1.165, 1.54) is 16.1 Å². The van der Waals surface area contributed by atoms with Crippen LogP contribution in [-0.4, -0.2) is 12.4 Å². The lowest BCUT2D eigenvalue weighted by Crippen LogP contribution is -2.12. The van der Waals surface area contributed by atoms with E-state index in [0.29, 0.717) is 11.3 Å². The molecular weight excluding hydrogens is 266 g/mol. The first-order valence-corrected chi connectivity index (χ1v) is 7.80. The highest BCUT2D eigenvalue weighted by molar-refractivity contribution is 8.00. The van der Waals surface area contributed by atoms with Crippen molar-refractivity contribution >= 4 is 17.4 Å². The Morgan fingerprint density at radius 1 is 1.10 bits per heavy atom. The molecule has 20 heavy (non-hydrogen) atoms. The second-order valence-corrected chi connectivity index (χ2v) is 6.61. The Labute approximate surface area is 124 Å². The van der Waals surface area contributed by atoms with Crippen LogP contribution < -0.4 is 10.1 Å². The van der Waals surface area contributed by atoms with E-state index in [1.54, 1.807) is 7.11 Å². The predicted molar refractivity (Wildman–Crippen MR) is 85.7 cm³/mol. The van der Waals surface area contributed by atoms with Crippen LogP contribution in [0.25, 0.3) is 0 Å². The van der Waals surface area contributed by atoms with Crippen LogP contribution in [0.1, 0.15) is 24.9 Å². The largest absolute Gasteiger partial charge is 0.497 e. The molecule has 0 radical (unpaired) electrons. The van der Waals surface area contributed by atoms with Gasteiger partial charge in [-0.05, 0) is 36.2 Å². The summed E-state index contributed by atoms with van der Waals surface area (Å²) in [6.45, 7) is 2.30. The van der Waals surface area contributed by atoms with E-state index in [0.717, 1.165) is 12.2 Å². The Morgan fingerprint density at radius 2 is 1.85 bits per heavy atom. The second-order valence-electron chi connectivity index (χ2n) is 5.13. The molecule has 2 unspecified atom stereocenters. The minimum absolute atomic E-state index is 0.354. The molecule has 0 bridgehead atoms. The summed E-state index contributed by atoms with van der Waals surface area (Å²) in [5, 5.41) is 4.28. The zero-order valence-corrected chi connectivity index (χ0v) is 12.6. The number of thioether (sulfide) groups is 1.